The average Bonchev–Trinajstić information content (AvgIpc) is 2.30. The smallest absolute Gasteiger partial charge is 0.119 e. The number of rotatable bonds is 3. The molecule has 0 atom stereocenters. The highest BCUT2D eigenvalue weighted by Gasteiger charge is 2.20. The van der Waals surface area contributed by atoms with Crippen LogP contribution in [0.4, 0.5) is 0 Å². The van der Waals surface area contributed by atoms with E-state index in [1.54, 1.807) is 18.4 Å². The van der Waals surface area contributed by atoms with E-state index in [9.17, 15) is 0 Å². The maximum Gasteiger partial charge on any atom is 0.119 e. The predicted molar refractivity (Wildman–Crippen MR) is 54.8 cm³/mol. The molecule has 0 aromatic carbocycles. The van der Waals surface area contributed by atoms with Crippen LogP contribution in [0, 0.1) is 6.92 Å². The van der Waals surface area contributed by atoms with Gasteiger partial charge in [0.05, 0.1) is 12.3 Å². The Bertz CT molecular complexity index is 288. The molecule has 0 spiro atoms. The van der Waals surface area contributed by atoms with Gasteiger partial charge in [-0.05, 0) is 20.8 Å². The van der Waals surface area contributed by atoms with Gasteiger partial charge < -0.3 is 10.5 Å². The van der Waals surface area contributed by atoms with Crippen molar-refractivity contribution < 1.29 is 4.74 Å². The Morgan fingerprint density at radius 1 is 1.54 bits per heavy atom. The molecular weight excluding hydrogens is 184 g/mol. The van der Waals surface area contributed by atoms with Crippen molar-refractivity contribution in [1.29, 1.82) is 0 Å². The molecule has 3 nitrogen and oxygen atoms in total. The summed E-state index contributed by atoms with van der Waals surface area (Å²) in [5, 5.41) is 0.994. The normalized spacial score (nSPS) is 12.1. The van der Waals surface area contributed by atoms with E-state index >= 15 is 0 Å². The molecule has 2 N–H and O–H groups in total. The lowest BCUT2D eigenvalue weighted by Gasteiger charge is -2.16. The van der Waals surface area contributed by atoms with Crippen LogP contribution in [0.2, 0.25) is 0 Å². The number of methoxy groups -OCH3 is 1. The minimum absolute atomic E-state index is 0.298. The molecule has 0 saturated carbocycles. The summed E-state index contributed by atoms with van der Waals surface area (Å²) >= 11 is 1.63. The van der Waals surface area contributed by atoms with E-state index in [1.807, 2.05) is 20.8 Å². The average molecular weight is 200 g/mol. The van der Waals surface area contributed by atoms with Crippen LogP contribution in [-0.2, 0) is 16.9 Å². The van der Waals surface area contributed by atoms with E-state index in [4.69, 9.17) is 10.5 Å². The summed E-state index contributed by atoms with van der Waals surface area (Å²) in [4.78, 5) is 5.52. The maximum absolute atomic E-state index is 6.00. The lowest BCUT2D eigenvalue weighted by Crippen LogP contribution is -2.28. The van der Waals surface area contributed by atoms with Gasteiger partial charge in [0.25, 0.3) is 0 Å². The molecule has 0 amide bonds. The Morgan fingerprint density at radius 2 is 2.15 bits per heavy atom. The Morgan fingerprint density at radius 3 is 2.54 bits per heavy atom. The highest BCUT2D eigenvalue weighted by atomic mass is 32.1. The third-order valence-electron chi connectivity index (χ3n) is 1.69. The predicted octanol–water partition coefficient (Wildman–Crippen LogP) is 1.79. The molecule has 0 bridgehead atoms. The van der Waals surface area contributed by atoms with Gasteiger partial charge in [0.15, 0.2) is 0 Å². The zero-order valence-electron chi connectivity index (χ0n) is 8.55. The fourth-order valence-electron chi connectivity index (χ4n) is 1.24. The van der Waals surface area contributed by atoms with Gasteiger partial charge in [0.1, 0.15) is 5.01 Å². The van der Waals surface area contributed by atoms with Crippen LogP contribution in [0.15, 0.2) is 0 Å². The van der Waals surface area contributed by atoms with Gasteiger partial charge in [-0.1, -0.05) is 0 Å². The molecule has 0 radical (unpaired) electrons. The first kappa shape index (κ1) is 10.6. The molecule has 0 aliphatic heterocycles. The van der Waals surface area contributed by atoms with Crippen molar-refractivity contribution in [3.63, 3.8) is 0 Å². The van der Waals surface area contributed by atoms with Crippen LogP contribution >= 0.6 is 11.3 Å². The number of hydrogen-bond acceptors (Lipinski definition) is 4. The van der Waals surface area contributed by atoms with Gasteiger partial charge >= 0.3 is 0 Å². The first-order valence-electron chi connectivity index (χ1n) is 4.19. The summed E-state index contributed by atoms with van der Waals surface area (Å²) in [5.74, 6) is 0. The van der Waals surface area contributed by atoms with Gasteiger partial charge in [0, 0.05) is 17.5 Å². The molecule has 4 heteroatoms. The van der Waals surface area contributed by atoms with Crippen LogP contribution in [0.25, 0.3) is 0 Å². The number of ether oxygens (including phenoxy) is 1. The Balaban J connectivity index is 2.96. The first-order valence-corrected chi connectivity index (χ1v) is 5.01. The van der Waals surface area contributed by atoms with E-state index in [2.05, 4.69) is 4.98 Å². The molecule has 0 saturated heterocycles. The van der Waals surface area contributed by atoms with Crippen molar-refractivity contribution in [3.8, 4) is 0 Å². The van der Waals surface area contributed by atoms with Crippen LogP contribution in [0.3, 0.4) is 0 Å². The number of nitrogens with zero attached hydrogens (tertiary/aromatic N) is 1. The fourth-order valence-corrected chi connectivity index (χ4v) is 2.29. The van der Waals surface area contributed by atoms with E-state index in [1.165, 1.54) is 0 Å². The van der Waals surface area contributed by atoms with E-state index in [0.717, 1.165) is 15.6 Å². The lowest BCUT2D eigenvalue weighted by atomic mass is 10.0. The van der Waals surface area contributed by atoms with Crippen molar-refractivity contribution in [2.75, 3.05) is 7.11 Å². The number of thiazole rings is 1. The van der Waals surface area contributed by atoms with Crippen molar-refractivity contribution in [3.05, 3.63) is 15.6 Å². The van der Waals surface area contributed by atoms with Gasteiger partial charge in [-0.15, -0.1) is 11.3 Å². The second-order valence-electron chi connectivity index (χ2n) is 3.68. The Kier molecular flexibility index (Phi) is 3.05. The molecular formula is C9H16N2OS. The standard InChI is InChI=1S/C9H16N2OS/c1-6-8(9(2,3)10)13-7(11-6)5-12-4/h5,10H2,1-4H3. The number of nitrogens with two attached hydrogens (primary N) is 1. The molecule has 13 heavy (non-hydrogen) atoms. The minimum atomic E-state index is -0.298. The molecule has 1 aromatic rings. The van der Waals surface area contributed by atoms with Gasteiger partial charge in [0.2, 0.25) is 0 Å². The molecule has 0 fully saturated rings. The second-order valence-corrected chi connectivity index (χ2v) is 4.76. The highest BCUT2D eigenvalue weighted by Crippen LogP contribution is 2.27. The van der Waals surface area contributed by atoms with Crippen molar-refractivity contribution in [1.82, 2.24) is 4.98 Å². The van der Waals surface area contributed by atoms with Gasteiger partial charge in [-0.25, -0.2) is 4.98 Å². The zero-order chi connectivity index (χ0) is 10.1. The first-order chi connectivity index (χ1) is 5.95. The SMILES string of the molecule is COCc1nc(C)c(C(C)(C)N)s1. The van der Waals surface area contributed by atoms with Crippen molar-refractivity contribution in [2.45, 2.75) is 32.9 Å². The molecule has 0 aliphatic rings. The largest absolute Gasteiger partial charge is 0.378 e. The second kappa shape index (κ2) is 3.74. The van der Waals surface area contributed by atoms with Crippen molar-refractivity contribution in [2.24, 2.45) is 5.73 Å². The quantitative estimate of drug-likeness (QED) is 0.809. The number of aromatic nitrogens is 1. The van der Waals surface area contributed by atoms with E-state index in [-0.39, 0.29) is 5.54 Å². The minimum Gasteiger partial charge on any atom is -0.378 e. The van der Waals surface area contributed by atoms with E-state index in [0.29, 0.717) is 6.61 Å². The summed E-state index contributed by atoms with van der Waals surface area (Å²) < 4.78 is 5.02. The van der Waals surface area contributed by atoms with Crippen LogP contribution in [0.5, 0.6) is 0 Å². The summed E-state index contributed by atoms with van der Waals surface area (Å²) in [6, 6.07) is 0. The summed E-state index contributed by atoms with van der Waals surface area (Å²) in [6.45, 7) is 6.54. The highest BCUT2D eigenvalue weighted by molar-refractivity contribution is 7.11. The number of hydrogen-bond donors (Lipinski definition) is 1. The van der Waals surface area contributed by atoms with Gasteiger partial charge in [-0.2, -0.15) is 0 Å². The van der Waals surface area contributed by atoms with E-state index < -0.39 is 0 Å². The molecule has 1 aromatic heterocycles. The van der Waals surface area contributed by atoms with Crippen LogP contribution in [0.1, 0.15) is 29.4 Å². The molecule has 0 aliphatic carbocycles. The monoisotopic (exact) mass is 200 g/mol. The maximum atomic E-state index is 6.00. The lowest BCUT2D eigenvalue weighted by molar-refractivity contribution is 0.184. The van der Waals surface area contributed by atoms with Gasteiger partial charge in [-0.3, -0.25) is 0 Å². The summed E-state index contributed by atoms with van der Waals surface area (Å²) in [5.41, 5.74) is 6.72. The fraction of sp³-hybridized carbons (Fsp3) is 0.667. The summed E-state index contributed by atoms with van der Waals surface area (Å²) in [6.07, 6.45) is 0. The van der Waals surface area contributed by atoms with Crippen LogP contribution in [-0.4, -0.2) is 12.1 Å². The van der Waals surface area contributed by atoms with Crippen LogP contribution < -0.4 is 5.73 Å². The number of aryl methyl sites for hydroxylation is 1. The Labute approximate surface area is 82.9 Å². The molecule has 0 unspecified atom stereocenters. The zero-order valence-corrected chi connectivity index (χ0v) is 9.36. The Hall–Kier alpha value is -0.450. The summed E-state index contributed by atoms with van der Waals surface area (Å²) in [7, 11) is 1.67. The third-order valence-corrected chi connectivity index (χ3v) is 3.16. The van der Waals surface area contributed by atoms with Crippen molar-refractivity contribution >= 4 is 11.3 Å². The molecule has 74 valence electrons. The molecule has 1 heterocycles. The topological polar surface area (TPSA) is 48.1 Å². The molecule has 1 rings (SSSR count). The third kappa shape index (κ3) is 2.49.